The molecule has 6 heteroatoms. The van der Waals surface area contributed by atoms with Gasteiger partial charge in [-0.25, -0.2) is 9.98 Å². The van der Waals surface area contributed by atoms with Crippen LogP contribution in [0.3, 0.4) is 0 Å². The quantitative estimate of drug-likeness (QED) is 0.889. The van der Waals surface area contributed by atoms with Crippen LogP contribution in [0.5, 0.6) is 0 Å². The molecule has 6 nitrogen and oxygen atoms in total. The van der Waals surface area contributed by atoms with E-state index in [9.17, 15) is 9.59 Å². The Balaban J connectivity index is 1.70. The molecule has 20 heavy (non-hydrogen) atoms. The Bertz CT molecular complexity index is 666. The van der Waals surface area contributed by atoms with Crippen molar-refractivity contribution in [1.29, 1.82) is 0 Å². The number of nitrogens with one attached hydrogen (secondary N) is 1. The number of hydrogen-bond donors (Lipinski definition) is 1. The SMILES string of the molecule is O=C(NCc1ccco1)C1=CC2=NC=NC(=O)C2C=C1. The van der Waals surface area contributed by atoms with Gasteiger partial charge in [-0.1, -0.05) is 12.2 Å². The van der Waals surface area contributed by atoms with E-state index in [1.54, 1.807) is 36.6 Å². The number of furan rings is 1. The lowest BCUT2D eigenvalue weighted by atomic mass is 9.93. The van der Waals surface area contributed by atoms with E-state index < -0.39 is 5.92 Å². The predicted octanol–water partition coefficient (Wildman–Crippen LogP) is 1.02. The van der Waals surface area contributed by atoms with Gasteiger partial charge in [0.15, 0.2) is 0 Å². The first-order chi connectivity index (χ1) is 9.74. The topological polar surface area (TPSA) is 84.0 Å². The molecule has 1 N–H and O–H groups in total. The summed E-state index contributed by atoms with van der Waals surface area (Å²) in [4.78, 5) is 31.1. The molecule has 1 aromatic rings. The van der Waals surface area contributed by atoms with Crippen molar-refractivity contribution in [3.8, 4) is 0 Å². The third-order valence-corrected chi connectivity index (χ3v) is 3.01. The molecule has 1 aromatic heterocycles. The zero-order valence-electron chi connectivity index (χ0n) is 10.4. The second kappa shape index (κ2) is 5.08. The molecule has 0 radical (unpaired) electrons. The number of aliphatic imine (C=N–C) groups is 2. The van der Waals surface area contributed by atoms with Crippen LogP contribution >= 0.6 is 0 Å². The molecule has 0 aromatic carbocycles. The third kappa shape index (κ3) is 2.35. The van der Waals surface area contributed by atoms with Gasteiger partial charge in [-0.2, -0.15) is 0 Å². The summed E-state index contributed by atoms with van der Waals surface area (Å²) in [6, 6.07) is 3.54. The van der Waals surface area contributed by atoms with Crippen molar-refractivity contribution in [3.05, 3.63) is 48.0 Å². The van der Waals surface area contributed by atoms with E-state index in [1.807, 2.05) is 0 Å². The zero-order chi connectivity index (χ0) is 13.9. The second-order valence-electron chi connectivity index (χ2n) is 4.34. The van der Waals surface area contributed by atoms with Crippen LogP contribution in [0.1, 0.15) is 5.76 Å². The average molecular weight is 269 g/mol. The van der Waals surface area contributed by atoms with Crippen molar-refractivity contribution in [2.75, 3.05) is 0 Å². The highest BCUT2D eigenvalue weighted by molar-refractivity contribution is 6.20. The summed E-state index contributed by atoms with van der Waals surface area (Å²) >= 11 is 0. The van der Waals surface area contributed by atoms with Crippen molar-refractivity contribution < 1.29 is 14.0 Å². The lowest BCUT2D eigenvalue weighted by molar-refractivity contribution is -0.119. The molecule has 1 aliphatic heterocycles. The molecule has 0 fully saturated rings. The highest BCUT2D eigenvalue weighted by Crippen LogP contribution is 2.18. The summed E-state index contributed by atoms with van der Waals surface area (Å²) < 4.78 is 5.13. The van der Waals surface area contributed by atoms with Crippen LogP contribution in [-0.4, -0.2) is 23.9 Å². The van der Waals surface area contributed by atoms with Gasteiger partial charge in [-0.15, -0.1) is 0 Å². The summed E-state index contributed by atoms with van der Waals surface area (Å²) in [7, 11) is 0. The predicted molar refractivity (Wildman–Crippen MR) is 72.2 cm³/mol. The lowest BCUT2D eigenvalue weighted by Crippen LogP contribution is -2.29. The molecular formula is C14H11N3O3. The molecule has 3 rings (SSSR count). The number of fused-ring (bicyclic) bond motifs is 1. The van der Waals surface area contributed by atoms with Crippen molar-refractivity contribution >= 4 is 23.9 Å². The highest BCUT2D eigenvalue weighted by Gasteiger charge is 2.26. The van der Waals surface area contributed by atoms with Gasteiger partial charge in [0.25, 0.3) is 11.8 Å². The number of carbonyl (C=O) groups excluding carboxylic acids is 2. The van der Waals surface area contributed by atoms with Gasteiger partial charge in [0.1, 0.15) is 18.0 Å². The Morgan fingerprint density at radius 1 is 1.45 bits per heavy atom. The molecule has 0 bridgehead atoms. The smallest absolute Gasteiger partial charge is 0.260 e. The summed E-state index contributed by atoms with van der Waals surface area (Å²) in [5.41, 5.74) is 0.991. The Labute approximate surface area is 114 Å². The molecule has 1 unspecified atom stereocenters. The third-order valence-electron chi connectivity index (χ3n) is 3.01. The average Bonchev–Trinajstić information content (AvgIpc) is 2.98. The van der Waals surface area contributed by atoms with Crippen molar-refractivity contribution in [3.63, 3.8) is 0 Å². The summed E-state index contributed by atoms with van der Waals surface area (Å²) in [6.07, 6.45) is 7.61. The molecule has 1 aliphatic carbocycles. The Hall–Kier alpha value is -2.76. The molecule has 2 aliphatic rings. The van der Waals surface area contributed by atoms with E-state index in [1.165, 1.54) is 6.34 Å². The maximum absolute atomic E-state index is 12.0. The van der Waals surface area contributed by atoms with E-state index in [4.69, 9.17) is 4.42 Å². The minimum atomic E-state index is -0.471. The van der Waals surface area contributed by atoms with Gasteiger partial charge >= 0.3 is 0 Å². The Kier molecular flexibility index (Phi) is 3.12. The standard InChI is InChI=1S/C14H11N3O3/c18-13(15-7-10-2-1-5-20-10)9-3-4-11-12(6-9)16-8-17-14(11)19/h1-6,8,11H,7H2,(H,15,18). The van der Waals surface area contributed by atoms with Crippen molar-refractivity contribution in [1.82, 2.24) is 5.32 Å². The van der Waals surface area contributed by atoms with E-state index >= 15 is 0 Å². The second-order valence-corrected chi connectivity index (χ2v) is 4.34. The normalized spacial score (nSPS) is 20.2. The van der Waals surface area contributed by atoms with Crippen LogP contribution in [0.2, 0.25) is 0 Å². The number of allylic oxidation sites excluding steroid dienone is 1. The first-order valence-corrected chi connectivity index (χ1v) is 6.08. The van der Waals surface area contributed by atoms with Gasteiger partial charge in [-0.3, -0.25) is 9.59 Å². The minimum Gasteiger partial charge on any atom is -0.467 e. The largest absolute Gasteiger partial charge is 0.467 e. The maximum Gasteiger partial charge on any atom is 0.260 e. The fourth-order valence-corrected chi connectivity index (χ4v) is 1.98. The fraction of sp³-hybridized carbons (Fsp3) is 0.143. The van der Waals surface area contributed by atoms with Crippen molar-refractivity contribution in [2.45, 2.75) is 6.54 Å². The molecule has 2 amide bonds. The van der Waals surface area contributed by atoms with Crippen LogP contribution < -0.4 is 5.32 Å². The Morgan fingerprint density at radius 2 is 2.35 bits per heavy atom. The number of amides is 2. The number of nitrogens with zero attached hydrogens (tertiary/aromatic N) is 2. The molecule has 2 heterocycles. The van der Waals surface area contributed by atoms with Crippen LogP contribution in [-0.2, 0) is 16.1 Å². The van der Waals surface area contributed by atoms with E-state index in [2.05, 4.69) is 15.3 Å². The minimum absolute atomic E-state index is 0.242. The summed E-state index contributed by atoms with van der Waals surface area (Å²) in [6.45, 7) is 0.313. The molecule has 1 atom stereocenters. The first-order valence-electron chi connectivity index (χ1n) is 6.08. The van der Waals surface area contributed by atoms with Crippen LogP contribution in [0.4, 0.5) is 0 Å². The van der Waals surface area contributed by atoms with Gasteiger partial charge in [0.05, 0.1) is 18.5 Å². The number of carbonyl (C=O) groups is 2. The Morgan fingerprint density at radius 3 is 3.15 bits per heavy atom. The van der Waals surface area contributed by atoms with E-state index in [0.29, 0.717) is 23.6 Å². The van der Waals surface area contributed by atoms with Gasteiger partial charge in [0.2, 0.25) is 0 Å². The first kappa shape index (κ1) is 12.3. The van der Waals surface area contributed by atoms with Gasteiger partial charge in [-0.05, 0) is 18.2 Å². The lowest BCUT2D eigenvalue weighted by Gasteiger charge is -2.17. The molecular weight excluding hydrogens is 258 g/mol. The van der Waals surface area contributed by atoms with Gasteiger partial charge in [0, 0.05) is 5.57 Å². The summed E-state index contributed by atoms with van der Waals surface area (Å²) in [5.74, 6) is -0.304. The molecule has 0 saturated carbocycles. The molecule has 0 saturated heterocycles. The fourth-order valence-electron chi connectivity index (χ4n) is 1.98. The van der Waals surface area contributed by atoms with E-state index in [0.717, 1.165) is 0 Å². The number of hydrogen-bond acceptors (Lipinski definition) is 4. The molecule has 100 valence electrons. The van der Waals surface area contributed by atoms with Gasteiger partial charge < -0.3 is 9.73 Å². The monoisotopic (exact) mass is 269 g/mol. The van der Waals surface area contributed by atoms with Crippen LogP contribution in [0, 0.1) is 5.92 Å². The van der Waals surface area contributed by atoms with Crippen LogP contribution in [0.25, 0.3) is 0 Å². The van der Waals surface area contributed by atoms with Crippen LogP contribution in [0.15, 0.2) is 56.6 Å². The van der Waals surface area contributed by atoms with E-state index in [-0.39, 0.29) is 11.8 Å². The molecule has 0 spiro atoms. The summed E-state index contributed by atoms with van der Waals surface area (Å²) in [5, 5.41) is 2.74. The highest BCUT2D eigenvalue weighted by atomic mass is 16.3. The number of rotatable bonds is 3. The maximum atomic E-state index is 12.0. The zero-order valence-corrected chi connectivity index (χ0v) is 10.4. The van der Waals surface area contributed by atoms with Crippen molar-refractivity contribution in [2.24, 2.45) is 15.9 Å².